The lowest BCUT2D eigenvalue weighted by Gasteiger charge is -2.08. The highest BCUT2D eigenvalue weighted by atomic mass is 32.2. The third-order valence-corrected chi connectivity index (χ3v) is 3.64. The second kappa shape index (κ2) is 4.73. The van der Waals surface area contributed by atoms with Crippen LogP contribution in [0.4, 0.5) is 10.1 Å². The molecule has 6 heteroatoms. The quantitative estimate of drug-likeness (QED) is 0.927. The number of hydrogen-bond donors (Lipinski definition) is 1. The Morgan fingerprint density at radius 1 is 1.22 bits per heavy atom. The molecule has 0 spiro atoms. The molecule has 0 bridgehead atoms. The smallest absolute Gasteiger partial charge is 0.261 e. The molecule has 0 aliphatic heterocycles. The zero-order valence-corrected chi connectivity index (χ0v) is 10.4. The van der Waals surface area contributed by atoms with E-state index in [-0.39, 0.29) is 10.6 Å². The SMILES string of the molecule is Cc1cccc(S(=O)(=O)Nc2cncc(F)c2)c1. The van der Waals surface area contributed by atoms with Crippen LogP contribution in [0.25, 0.3) is 0 Å². The van der Waals surface area contributed by atoms with Crippen molar-refractivity contribution >= 4 is 15.7 Å². The number of sulfonamides is 1. The molecule has 0 fully saturated rings. The average Bonchev–Trinajstić information content (AvgIpc) is 2.28. The van der Waals surface area contributed by atoms with Crippen LogP contribution in [0, 0.1) is 12.7 Å². The summed E-state index contributed by atoms with van der Waals surface area (Å²) in [6.45, 7) is 1.79. The maximum atomic E-state index is 12.9. The highest BCUT2D eigenvalue weighted by molar-refractivity contribution is 7.92. The number of hydrogen-bond acceptors (Lipinski definition) is 3. The van der Waals surface area contributed by atoms with Crippen LogP contribution in [0.15, 0.2) is 47.6 Å². The first-order chi connectivity index (χ1) is 8.47. The van der Waals surface area contributed by atoms with Crippen LogP contribution in [0.1, 0.15) is 5.56 Å². The van der Waals surface area contributed by atoms with Gasteiger partial charge in [-0.3, -0.25) is 9.71 Å². The number of halogens is 1. The normalized spacial score (nSPS) is 11.2. The van der Waals surface area contributed by atoms with E-state index in [1.165, 1.54) is 18.3 Å². The highest BCUT2D eigenvalue weighted by Gasteiger charge is 2.14. The predicted octanol–water partition coefficient (Wildman–Crippen LogP) is 2.33. The van der Waals surface area contributed by atoms with Gasteiger partial charge in [-0.05, 0) is 24.6 Å². The molecule has 0 aliphatic rings. The Balaban J connectivity index is 2.33. The zero-order chi connectivity index (χ0) is 13.2. The standard InChI is InChI=1S/C12H11FN2O2S/c1-9-3-2-4-12(5-9)18(16,17)15-11-6-10(13)7-14-8-11/h2-8,15H,1H3. The van der Waals surface area contributed by atoms with E-state index in [9.17, 15) is 12.8 Å². The molecule has 2 aromatic rings. The van der Waals surface area contributed by atoms with Crippen molar-refractivity contribution in [3.8, 4) is 0 Å². The zero-order valence-electron chi connectivity index (χ0n) is 9.59. The summed E-state index contributed by atoms with van der Waals surface area (Å²) in [5.74, 6) is -0.598. The Morgan fingerprint density at radius 3 is 2.67 bits per heavy atom. The van der Waals surface area contributed by atoms with Gasteiger partial charge in [0.25, 0.3) is 10.0 Å². The Morgan fingerprint density at radius 2 is 2.00 bits per heavy atom. The minimum Gasteiger partial charge on any atom is -0.278 e. The molecule has 1 aromatic carbocycles. The number of aromatic nitrogens is 1. The van der Waals surface area contributed by atoms with E-state index in [0.29, 0.717) is 0 Å². The van der Waals surface area contributed by atoms with Gasteiger partial charge in [0, 0.05) is 6.07 Å². The minimum absolute atomic E-state index is 0.0940. The van der Waals surface area contributed by atoms with Crippen molar-refractivity contribution in [2.75, 3.05) is 4.72 Å². The van der Waals surface area contributed by atoms with Gasteiger partial charge in [-0.15, -0.1) is 0 Å². The Bertz CT molecular complexity index is 671. The Kier molecular flexibility index (Phi) is 3.29. The number of nitrogens with one attached hydrogen (secondary N) is 1. The Labute approximate surface area is 105 Å². The van der Waals surface area contributed by atoms with Crippen LogP contribution < -0.4 is 4.72 Å². The van der Waals surface area contributed by atoms with Crippen LogP contribution in [0.3, 0.4) is 0 Å². The molecule has 0 amide bonds. The number of anilines is 1. The number of pyridine rings is 1. The summed E-state index contributed by atoms with van der Waals surface area (Å²) in [4.78, 5) is 3.71. The molecule has 1 aromatic heterocycles. The van der Waals surface area contributed by atoms with Crippen molar-refractivity contribution in [3.05, 3.63) is 54.1 Å². The van der Waals surface area contributed by atoms with Crippen molar-refractivity contribution in [2.45, 2.75) is 11.8 Å². The topological polar surface area (TPSA) is 59.1 Å². The van der Waals surface area contributed by atoms with Gasteiger partial charge in [-0.25, -0.2) is 12.8 Å². The summed E-state index contributed by atoms with van der Waals surface area (Å²) in [5.41, 5.74) is 0.923. The molecular weight excluding hydrogens is 255 g/mol. The Hall–Kier alpha value is -1.95. The summed E-state index contributed by atoms with van der Waals surface area (Å²) >= 11 is 0. The van der Waals surface area contributed by atoms with Gasteiger partial charge < -0.3 is 0 Å². The molecule has 2 rings (SSSR count). The average molecular weight is 266 g/mol. The molecule has 4 nitrogen and oxygen atoms in total. The largest absolute Gasteiger partial charge is 0.278 e. The molecular formula is C12H11FN2O2S. The van der Waals surface area contributed by atoms with Crippen molar-refractivity contribution in [3.63, 3.8) is 0 Å². The number of rotatable bonds is 3. The van der Waals surface area contributed by atoms with Gasteiger partial charge in [-0.1, -0.05) is 12.1 Å². The number of nitrogens with zero attached hydrogens (tertiary/aromatic N) is 1. The summed E-state index contributed by atoms with van der Waals surface area (Å²) in [5, 5.41) is 0. The first-order valence-electron chi connectivity index (χ1n) is 5.17. The molecule has 0 saturated carbocycles. The van der Waals surface area contributed by atoms with Crippen LogP contribution >= 0.6 is 0 Å². The van der Waals surface area contributed by atoms with Gasteiger partial charge in [0.15, 0.2) is 0 Å². The van der Waals surface area contributed by atoms with Crippen LogP contribution in [0.5, 0.6) is 0 Å². The van der Waals surface area contributed by atoms with E-state index < -0.39 is 15.8 Å². The molecule has 0 atom stereocenters. The minimum atomic E-state index is -3.71. The van der Waals surface area contributed by atoms with E-state index in [2.05, 4.69) is 9.71 Å². The summed E-state index contributed by atoms with van der Waals surface area (Å²) in [6, 6.07) is 7.52. The first-order valence-corrected chi connectivity index (χ1v) is 6.66. The van der Waals surface area contributed by atoms with Crippen molar-refractivity contribution in [2.24, 2.45) is 0 Å². The third-order valence-electron chi connectivity index (χ3n) is 2.26. The monoisotopic (exact) mass is 266 g/mol. The predicted molar refractivity (Wildman–Crippen MR) is 66.2 cm³/mol. The van der Waals surface area contributed by atoms with E-state index in [1.807, 2.05) is 0 Å². The molecule has 0 unspecified atom stereocenters. The van der Waals surface area contributed by atoms with Gasteiger partial charge >= 0.3 is 0 Å². The van der Waals surface area contributed by atoms with Crippen LogP contribution in [-0.2, 0) is 10.0 Å². The molecule has 0 saturated heterocycles. The van der Waals surface area contributed by atoms with Crippen LogP contribution in [-0.4, -0.2) is 13.4 Å². The summed E-state index contributed by atoms with van der Waals surface area (Å²) in [7, 11) is -3.71. The van der Waals surface area contributed by atoms with Crippen LogP contribution in [0.2, 0.25) is 0 Å². The fourth-order valence-corrected chi connectivity index (χ4v) is 2.60. The number of benzene rings is 1. The lowest BCUT2D eigenvalue weighted by Crippen LogP contribution is -2.13. The second-order valence-electron chi connectivity index (χ2n) is 3.81. The highest BCUT2D eigenvalue weighted by Crippen LogP contribution is 2.16. The van der Waals surface area contributed by atoms with E-state index in [4.69, 9.17) is 0 Å². The lowest BCUT2D eigenvalue weighted by molar-refractivity contribution is 0.601. The van der Waals surface area contributed by atoms with Gasteiger partial charge in [-0.2, -0.15) is 0 Å². The maximum absolute atomic E-state index is 12.9. The lowest BCUT2D eigenvalue weighted by atomic mass is 10.2. The molecule has 94 valence electrons. The van der Waals surface area contributed by atoms with E-state index in [0.717, 1.165) is 17.8 Å². The maximum Gasteiger partial charge on any atom is 0.261 e. The van der Waals surface area contributed by atoms with E-state index >= 15 is 0 Å². The van der Waals surface area contributed by atoms with Gasteiger partial charge in [0.1, 0.15) is 5.82 Å². The molecule has 18 heavy (non-hydrogen) atoms. The fourth-order valence-electron chi connectivity index (χ4n) is 1.46. The molecule has 1 N–H and O–H groups in total. The third kappa shape index (κ3) is 2.84. The van der Waals surface area contributed by atoms with Gasteiger partial charge in [0.2, 0.25) is 0 Å². The molecule has 1 heterocycles. The van der Waals surface area contributed by atoms with Crippen molar-refractivity contribution in [1.29, 1.82) is 0 Å². The molecule has 0 aliphatic carbocycles. The second-order valence-corrected chi connectivity index (χ2v) is 5.50. The van der Waals surface area contributed by atoms with E-state index in [1.54, 1.807) is 19.1 Å². The fraction of sp³-hybridized carbons (Fsp3) is 0.0833. The first kappa shape index (κ1) is 12.5. The summed E-state index contributed by atoms with van der Waals surface area (Å²) < 4.78 is 39.2. The molecule has 0 radical (unpaired) electrons. The van der Waals surface area contributed by atoms with Crippen molar-refractivity contribution < 1.29 is 12.8 Å². The number of aryl methyl sites for hydroxylation is 1. The van der Waals surface area contributed by atoms with Gasteiger partial charge in [0.05, 0.1) is 23.0 Å². The van der Waals surface area contributed by atoms with Crippen molar-refractivity contribution in [1.82, 2.24) is 4.98 Å². The summed E-state index contributed by atoms with van der Waals surface area (Å²) in [6.07, 6.45) is 2.25.